The number of hydrogen-bond acceptors (Lipinski definition) is 9. The van der Waals surface area contributed by atoms with Crippen molar-refractivity contribution in [1.29, 1.82) is 0 Å². The van der Waals surface area contributed by atoms with Crippen molar-refractivity contribution < 1.29 is 32.3 Å². The van der Waals surface area contributed by atoms with Crippen molar-refractivity contribution in [3.8, 4) is 0 Å². The molecule has 2 fully saturated rings. The number of carbonyl (C=O) groups excluding carboxylic acids is 3. The largest absolute Gasteiger partial charge is 0.443 e. The Bertz CT molecular complexity index is 1560. The third kappa shape index (κ3) is 8.15. The molecule has 2 aliphatic rings. The van der Waals surface area contributed by atoms with Gasteiger partial charge in [0.1, 0.15) is 17.0 Å². The van der Waals surface area contributed by atoms with Gasteiger partial charge in [0.05, 0.1) is 10.4 Å². The SMILES string of the molecule is C[C@H]1CN(c2cc(S(=O)(=O)NC3(C)CC3)cc3nc(N(C(=O)OC(C)(C)C)C(=O)OC(C)(C)C)ccc23)CCN1C(=O)N(C)C. The standard InChI is InChI=1S/C31H46N6O7S/c1-20-19-35(15-16-36(20)26(38)34(9)10)24-18-21(45(41,42)33-31(8)13-14-31)17-23-22(24)11-12-25(32-23)37(27(39)43-29(2,3)4)28(40)44-30(5,6)7/h11-12,17-18,20,33H,13-16,19H2,1-10H3/t20-/m0/s1. The molecule has 1 N–H and O–H groups in total. The summed E-state index contributed by atoms with van der Waals surface area (Å²) in [5.74, 6) is -0.0802. The third-order valence-corrected chi connectivity index (χ3v) is 9.03. The predicted octanol–water partition coefficient (Wildman–Crippen LogP) is 4.93. The van der Waals surface area contributed by atoms with Crippen LogP contribution in [0.5, 0.6) is 0 Å². The van der Waals surface area contributed by atoms with E-state index in [0.717, 1.165) is 12.8 Å². The first-order chi connectivity index (χ1) is 20.6. The van der Waals surface area contributed by atoms with Crippen molar-refractivity contribution in [3.05, 3.63) is 24.3 Å². The van der Waals surface area contributed by atoms with Crippen LogP contribution >= 0.6 is 0 Å². The van der Waals surface area contributed by atoms with Crippen LogP contribution in [-0.4, -0.2) is 97.9 Å². The van der Waals surface area contributed by atoms with E-state index in [1.165, 1.54) is 17.0 Å². The summed E-state index contributed by atoms with van der Waals surface area (Å²) >= 11 is 0. The number of piperazine rings is 1. The Morgan fingerprint density at radius 2 is 1.56 bits per heavy atom. The number of nitrogens with one attached hydrogen (secondary N) is 1. The number of amides is 4. The Balaban J connectivity index is 1.84. The second kappa shape index (κ2) is 11.9. The molecule has 45 heavy (non-hydrogen) atoms. The molecule has 0 spiro atoms. The summed E-state index contributed by atoms with van der Waals surface area (Å²) in [6.45, 7) is 15.2. The molecule has 1 saturated heterocycles. The van der Waals surface area contributed by atoms with Gasteiger partial charge in [-0.1, -0.05) is 0 Å². The zero-order chi connectivity index (χ0) is 33.7. The van der Waals surface area contributed by atoms with Crippen LogP contribution in [0.3, 0.4) is 0 Å². The Morgan fingerprint density at radius 3 is 2.04 bits per heavy atom. The van der Waals surface area contributed by atoms with Crippen molar-refractivity contribution >= 4 is 50.6 Å². The lowest BCUT2D eigenvalue weighted by atomic mass is 10.1. The van der Waals surface area contributed by atoms with E-state index in [1.807, 2.05) is 18.7 Å². The summed E-state index contributed by atoms with van der Waals surface area (Å²) in [6, 6.07) is 6.01. The number of nitrogens with zero attached hydrogens (tertiary/aromatic N) is 5. The second-order valence-corrected chi connectivity index (χ2v) is 16.0. The quantitative estimate of drug-likeness (QED) is 0.478. The van der Waals surface area contributed by atoms with Gasteiger partial charge in [-0.2, -0.15) is 4.90 Å². The number of benzene rings is 1. The molecule has 1 atom stereocenters. The van der Waals surface area contributed by atoms with Crippen LogP contribution < -0.4 is 14.5 Å². The molecule has 1 aliphatic heterocycles. The summed E-state index contributed by atoms with van der Waals surface area (Å²) in [4.78, 5) is 50.1. The number of fused-ring (bicyclic) bond motifs is 1. The number of hydrogen-bond donors (Lipinski definition) is 1. The Morgan fingerprint density at radius 1 is 0.978 bits per heavy atom. The van der Waals surface area contributed by atoms with Crippen LogP contribution in [0.2, 0.25) is 0 Å². The van der Waals surface area contributed by atoms with E-state index < -0.39 is 39.0 Å². The molecule has 2 heterocycles. The number of sulfonamides is 1. The first-order valence-corrected chi connectivity index (χ1v) is 16.6. The van der Waals surface area contributed by atoms with Crippen LogP contribution in [-0.2, 0) is 19.5 Å². The van der Waals surface area contributed by atoms with E-state index in [1.54, 1.807) is 72.7 Å². The van der Waals surface area contributed by atoms with E-state index >= 15 is 0 Å². The Hall–Kier alpha value is -3.65. The van der Waals surface area contributed by atoms with Crippen LogP contribution in [0.25, 0.3) is 10.9 Å². The molecule has 248 valence electrons. The van der Waals surface area contributed by atoms with E-state index in [0.29, 0.717) is 35.6 Å². The summed E-state index contributed by atoms with van der Waals surface area (Å²) in [6.07, 6.45) is -0.498. The van der Waals surface area contributed by atoms with E-state index in [2.05, 4.69) is 9.71 Å². The summed E-state index contributed by atoms with van der Waals surface area (Å²) in [5, 5.41) is 0.614. The fourth-order valence-electron chi connectivity index (χ4n) is 4.99. The van der Waals surface area contributed by atoms with Gasteiger partial charge in [0.25, 0.3) is 0 Å². The summed E-state index contributed by atoms with van der Waals surface area (Å²) in [5.41, 5.74) is -1.49. The molecule has 1 saturated carbocycles. The molecular weight excluding hydrogens is 600 g/mol. The van der Waals surface area contributed by atoms with Gasteiger partial charge >= 0.3 is 18.2 Å². The number of anilines is 2. The van der Waals surface area contributed by atoms with E-state index in [4.69, 9.17) is 9.47 Å². The predicted molar refractivity (Wildman–Crippen MR) is 172 cm³/mol. The van der Waals surface area contributed by atoms with Gasteiger partial charge in [0.2, 0.25) is 10.0 Å². The minimum Gasteiger partial charge on any atom is -0.443 e. The zero-order valence-electron chi connectivity index (χ0n) is 27.9. The lowest BCUT2D eigenvalue weighted by molar-refractivity contribution is 0.0429. The Kier molecular flexibility index (Phi) is 9.08. The highest BCUT2D eigenvalue weighted by Gasteiger charge is 2.42. The van der Waals surface area contributed by atoms with E-state index in [9.17, 15) is 22.8 Å². The highest BCUT2D eigenvalue weighted by molar-refractivity contribution is 7.89. The minimum atomic E-state index is -3.96. The molecule has 2 aromatic rings. The highest BCUT2D eigenvalue weighted by Crippen LogP contribution is 2.38. The maximum Gasteiger partial charge on any atom is 0.425 e. The molecule has 0 radical (unpaired) electrons. The lowest BCUT2D eigenvalue weighted by Gasteiger charge is -2.42. The third-order valence-electron chi connectivity index (χ3n) is 7.41. The number of rotatable bonds is 5. The lowest BCUT2D eigenvalue weighted by Crippen LogP contribution is -2.56. The molecule has 4 amide bonds. The van der Waals surface area contributed by atoms with Gasteiger partial charge in [0.15, 0.2) is 0 Å². The topological polar surface area (TPSA) is 142 Å². The highest BCUT2D eigenvalue weighted by atomic mass is 32.2. The van der Waals surface area contributed by atoms with Crippen molar-refractivity contribution in [3.63, 3.8) is 0 Å². The first-order valence-electron chi connectivity index (χ1n) is 15.1. The fraction of sp³-hybridized carbons (Fsp3) is 0.613. The molecule has 1 aromatic heterocycles. The van der Waals surface area contributed by atoms with Gasteiger partial charge in [0, 0.05) is 56.4 Å². The van der Waals surface area contributed by atoms with E-state index in [-0.39, 0.29) is 28.3 Å². The van der Waals surface area contributed by atoms with Crippen molar-refractivity contribution in [1.82, 2.24) is 19.5 Å². The first kappa shape index (κ1) is 34.2. The van der Waals surface area contributed by atoms with Crippen LogP contribution in [0, 0.1) is 0 Å². The Labute approximate surface area is 265 Å². The number of urea groups is 1. The number of imide groups is 1. The van der Waals surface area contributed by atoms with Gasteiger partial charge in [-0.15, -0.1) is 0 Å². The minimum absolute atomic E-state index is 0.00307. The van der Waals surface area contributed by atoms with Crippen LogP contribution in [0.15, 0.2) is 29.2 Å². The maximum atomic E-state index is 13.6. The number of ether oxygens (including phenoxy) is 2. The fourth-order valence-corrected chi connectivity index (χ4v) is 6.49. The van der Waals surface area contributed by atoms with Gasteiger partial charge < -0.3 is 24.2 Å². The normalized spacial score (nSPS) is 18.4. The van der Waals surface area contributed by atoms with Crippen molar-refractivity contribution in [2.75, 3.05) is 43.5 Å². The number of pyridine rings is 1. The van der Waals surface area contributed by atoms with Crippen molar-refractivity contribution in [2.45, 2.75) is 95.9 Å². The van der Waals surface area contributed by atoms with Gasteiger partial charge in [-0.25, -0.2) is 32.5 Å². The molecular formula is C31H46N6O7S. The second-order valence-electron chi connectivity index (χ2n) is 14.3. The zero-order valence-corrected chi connectivity index (χ0v) is 28.7. The number of aromatic nitrogens is 1. The summed E-state index contributed by atoms with van der Waals surface area (Å²) in [7, 11) is -0.543. The molecule has 1 aliphatic carbocycles. The number of carbonyl (C=O) groups is 3. The molecule has 0 unspecified atom stereocenters. The summed E-state index contributed by atoms with van der Waals surface area (Å²) < 4.78 is 41.1. The van der Waals surface area contributed by atoms with Gasteiger partial charge in [-0.3, -0.25) is 0 Å². The molecule has 4 rings (SSSR count). The average Bonchev–Trinajstić information content (AvgIpc) is 3.60. The smallest absolute Gasteiger partial charge is 0.425 e. The molecule has 14 heteroatoms. The van der Waals surface area contributed by atoms with Crippen LogP contribution in [0.4, 0.5) is 25.9 Å². The monoisotopic (exact) mass is 646 g/mol. The van der Waals surface area contributed by atoms with Gasteiger partial charge in [-0.05, 0) is 92.5 Å². The molecule has 13 nitrogen and oxygen atoms in total. The van der Waals surface area contributed by atoms with Crippen LogP contribution in [0.1, 0.15) is 68.2 Å². The average molecular weight is 647 g/mol. The van der Waals surface area contributed by atoms with Crippen molar-refractivity contribution in [2.24, 2.45) is 0 Å². The molecule has 0 bridgehead atoms. The molecule has 1 aromatic carbocycles. The maximum absolute atomic E-state index is 13.6.